The molecule has 1 aliphatic heterocycles. The van der Waals surface area contributed by atoms with Crippen molar-refractivity contribution in [3.8, 4) is 11.8 Å². The molecular formula is C9H14O2. The molecule has 2 unspecified atom stereocenters. The minimum atomic E-state index is -0.486. The monoisotopic (exact) mass is 154 g/mol. The van der Waals surface area contributed by atoms with E-state index in [1.807, 2.05) is 0 Å². The van der Waals surface area contributed by atoms with E-state index in [0.717, 1.165) is 19.4 Å². The van der Waals surface area contributed by atoms with Crippen molar-refractivity contribution in [2.75, 3.05) is 13.2 Å². The third kappa shape index (κ3) is 2.53. The number of ether oxygens (including phenoxy) is 1. The predicted molar refractivity (Wildman–Crippen MR) is 43.0 cm³/mol. The van der Waals surface area contributed by atoms with Gasteiger partial charge in [0.05, 0.1) is 6.61 Å². The lowest BCUT2D eigenvalue weighted by molar-refractivity contribution is 0.0109. The first-order chi connectivity index (χ1) is 5.34. The zero-order valence-electron chi connectivity index (χ0n) is 6.84. The topological polar surface area (TPSA) is 29.5 Å². The van der Waals surface area contributed by atoms with E-state index in [1.54, 1.807) is 6.92 Å². The van der Waals surface area contributed by atoms with Gasteiger partial charge >= 0.3 is 0 Å². The van der Waals surface area contributed by atoms with Gasteiger partial charge in [-0.2, -0.15) is 0 Å². The summed E-state index contributed by atoms with van der Waals surface area (Å²) in [7, 11) is 0. The van der Waals surface area contributed by atoms with Crippen LogP contribution >= 0.6 is 0 Å². The van der Waals surface area contributed by atoms with Gasteiger partial charge in [-0.15, -0.1) is 5.92 Å². The average Bonchev–Trinajstić information content (AvgIpc) is 2.07. The second kappa shape index (κ2) is 4.38. The smallest absolute Gasteiger partial charge is 0.119 e. The first kappa shape index (κ1) is 8.58. The molecule has 0 amide bonds. The summed E-state index contributed by atoms with van der Waals surface area (Å²) in [5.41, 5.74) is 0. The quantitative estimate of drug-likeness (QED) is 0.566. The van der Waals surface area contributed by atoms with E-state index in [2.05, 4.69) is 11.8 Å². The molecule has 0 saturated carbocycles. The van der Waals surface area contributed by atoms with Crippen LogP contribution in [0.15, 0.2) is 0 Å². The van der Waals surface area contributed by atoms with Crippen LogP contribution in [0.5, 0.6) is 0 Å². The van der Waals surface area contributed by atoms with Gasteiger partial charge in [0.2, 0.25) is 0 Å². The highest BCUT2D eigenvalue weighted by atomic mass is 16.5. The van der Waals surface area contributed by atoms with Crippen LogP contribution in [0, 0.1) is 17.8 Å². The largest absolute Gasteiger partial charge is 0.381 e. The molecule has 2 nitrogen and oxygen atoms in total. The second-order valence-electron chi connectivity index (χ2n) is 2.82. The lowest BCUT2D eigenvalue weighted by Gasteiger charge is -2.23. The SMILES string of the molecule is CC#CC(O)C1CCCOC1. The van der Waals surface area contributed by atoms with Gasteiger partial charge < -0.3 is 9.84 Å². The van der Waals surface area contributed by atoms with Crippen LogP contribution in [0.1, 0.15) is 19.8 Å². The summed E-state index contributed by atoms with van der Waals surface area (Å²) in [4.78, 5) is 0. The normalized spacial score (nSPS) is 26.9. The van der Waals surface area contributed by atoms with Gasteiger partial charge in [-0.3, -0.25) is 0 Å². The highest BCUT2D eigenvalue weighted by molar-refractivity contribution is 5.04. The number of rotatable bonds is 1. The number of aliphatic hydroxyl groups is 1. The van der Waals surface area contributed by atoms with E-state index >= 15 is 0 Å². The van der Waals surface area contributed by atoms with Crippen LogP contribution in [0.2, 0.25) is 0 Å². The van der Waals surface area contributed by atoms with Crippen molar-refractivity contribution in [1.82, 2.24) is 0 Å². The Hall–Kier alpha value is -0.520. The standard InChI is InChI=1S/C9H14O2/c1-2-4-9(10)8-5-3-6-11-7-8/h8-10H,3,5-7H2,1H3. The molecular weight excluding hydrogens is 140 g/mol. The summed E-state index contributed by atoms with van der Waals surface area (Å²) in [6.07, 6.45) is 1.60. The minimum Gasteiger partial charge on any atom is -0.381 e. The fourth-order valence-corrected chi connectivity index (χ4v) is 1.28. The van der Waals surface area contributed by atoms with Gasteiger partial charge in [-0.1, -0.05) is 5.92 Å². The predicted octanol–water partition coefficient (Wildman–Crippen LogP) is 0.797. The van der Waals surface area contributed by atoms with Crippen molar-refractivity contribution in [1.29, 1.82) is 0 Å². The van der Waals surface area contributed by atoms with Crippen LogP contribution in [-0.4, -0.2) is 24.4 Å². The maximum absolute atomic E-state index is 9.42. The number of aliphatic hydroxyl groups excluding tert-OH is 1. The zero-order chi connectivity index (χ0) is 8.10. The first-order valence-electron chi connectivity index (χ1n) is 4.02. The molecule has 1 saturated heterocycles. The van der Waals surface area contributed by atoms with E-state index in [1.165, 1.54) is 0 Å². The van der Waals surface area contributed by atoms with E-state index in [0.29, 0.717) is 6.61 Å². The minimum absolute atomic E-state index is 0.233. The summed E-state index contributed by atoms with van der Waals surface area (Å²) in [5.74, 6) is 5.68. The molecule has 0 aromatic rings. The highest BCUT2D eigenvalue weighted by Crippen LogP contribution is 2.16. The van der Waals surface area contributed by atoms with Gasteiger partial charge in [0.1, 0.15) is 6.10 Å². The summed E-state index contributed by atoms with van der Waals surface area (Å²) in [6.45, 7) is 3.24. The zero-order valence-corrected chi connectivity index (χ0v) is 6.84. The molecule has 11 heavy (non-hydrogen) atoms. The molecule has 0 aromatic heterocycles. The Morgan fingerprint density at radius 3 is 3.00 bits per heavy atom. The number of hydrogen-bond acceptors (Lipinski definition) is 2. The summed E-state index contributed by atoms with van der Waals surface area (Å²) in [5, 5.41) is 9.42. The molecule has 2 atom stereocenters. The highest BCUT2D eigenvalue weighted by Gasteiger charge is 2.20. The van der Waals surface area contributed by atoms with Crippen LogP contribution in [0.25, 0.3) is 0 Å². The van der Waals surface area contributed by atoms with E-state index in [-0.39, 0.29) is 5.92 Å². The van der Waals surface area contributed by atoms with Gasteiger partial charge in [0, 0.05) is 12.5 Å². The Morgan fingerprint density at radius 1 is 1.64 bits per heavy atom. The van der Waals surface area contributed by atoms with Crippen molar-refractivity contribution < 1.29 is 9.84 Å². The Balaban J connectivity index is 2.36. The summed E-state index contributed by atoms with van der Waals surface area (Å²) in [6, 6.07) is 0. The van der Waals surface area contributed by atoms with Crippen LogP contribution in [0.4, 0.5) is 0 Å². The molecule has 1 N–H and O–H groups in total. The molecule has 0 spiro atoms. The Kier molecular flexibility index (Phi) is 3.41. The van der Waals surface area contributed by atoms with Crippen molar-refractivity contribution in [3.05, 3.63) is 0 Å². The Labute approximate surface area is 67.6 Å². The van der Waals surface area contributed by atoms with Crippen LogP contribution < -0.4 is 0 Å². The van der Waals surface area contributed by atoms with Crippen molar-refractivity contribution in [2.45, 2.75) is 25.9 Å². The van der Waals surface area contributed by atoms with Crippen LogP contribution in [0.3, 0.4) is 0 Å². The van der Waals surface area contributed by atoms with Gasteiger partial charge in [0.25, 0.3) is 0 Å². The first-order valence-corrected chi connectivity index (χ1v) is 4.02. The summed E-state index contributed by atoms with van der Waals surface area (Å²) < 4.78 is 5.22. The molecule has 1 rings (SSSR count). The molecule has 0 bridgehead atoms. The van der Waals surface area contributed by atoms with Gasteiger partial charge in [-0.25, -0.2) is 0 Å². The fraction of sp³-hybridized carbons (Fsp3) is 0.778. The average molecular weight is 154 g/mol. The van der Waals surface area contributed by atoms with E-state index < -0.39 is 6.10 Å². The van der Waals surface area contributed by atoms with Gasteiger partial charge in [-0.05, 0) is 19.8 Å². The third-order valence-electron chi connectivity index (χ3n) is 1.93. The van der Waals surface area contributed by atoms with Crippen LogP contribution in [-0.2, 0) is 4.74 Å². The molecule has 62 valence electrons. The maximum atomic E-state index is 9.42. The van der Waals surface area contributed by atoms with Crippen molar-refractivity contribution >= 4 is 0 Å². The molecule has 1 aliphatic rings. The fourth-order valence-electron chi connectivity index (χ4n) is 1.28. The lowest BCUT2D eigenvalue weighted by Crippen LogP contribution is -2.27. The van der Waals surface area contributed by atoms with E-state index in [9.17, 15) is 5.11 Å². The maximum Gasteiger partial charge on any atom is 0.119 e. The van der Waals surface area contributed by atoms with Crippen molar-refractivity contribution in [2.24, 2.45) is 5.92 Å². The second-order valence-corrected chi connectivity index (χ2v) is 2.82. The molecule has 1 heterocycles. The van der Waals surface area contributed by atoms with Crippen molar-refractivity contribution in [3.63, 3.8) is 0 Å². The Bertz CT molecular complexity index is 160. The van der Waals surface area contributed by atoms with E-state index in [4.69, 9.17) is 4.74 Å². The number of hydrogen-bond donors (Lipinski definition) is 1. The Morgan fingerprint density at radius 2 is 2.45 bits per heavy atom. The molecule has 0 radical (unpaired) electrons. The molecule has 0 aromatic carbocycles. The van der Waals surface area contributed by atoms with Gasteiger partial charge in [0.15, 0.2) is 0 Å². The molecule has 1 fully saturated rings. The molecule has 0 aliphatic carbocycles. The molecule has 2 heteroatoms. The summed E-state index contributed by atoms with van der Waals surface area (Å²) >= 11 is 0. The lowest BCUT2D eigenvalue weighted by atomic mass is 9.96. The third-order valence-corrected chi connectivity index (χ3v) is 1.93.